The van der Waals surface area contributed by atoms with E-state index in [1.165, 1.54) is 28.5 Å². The Morgan fingerprint density at radius 3 is 2.58 bits per heavy atom. The molecule has 24 heavy (non-hydrogen) atoms. The van der Waals surface area contributed by atoms with Crippen molar-refractivity contribution in [2.24, 2.45) is 0 Å². The summed E-state index contributed by atoms with van der Waals surface area (Å²) in [6.07, 6.45) is 3.13. The number of non-ortho nitro benzene ring substituents is 1. The molecule has 4 heteroatoms. The van der Waals surface area contributed by atoms with Crippen LogP contribution >= 0.6 is 0 Å². The summed E-state index contributed by atoms with van der Waals surface area (Å²) >= 11 is 0. The average Bonchev–Trinajstić information content (AvgIpc) is 2.53. The topological polar surface area (TPSA) is 55.2 Å². The Labute approximate surface area is 142 Å². The van der Waals surface area contributed by atoms with E-state index in [1.54, 1.807) is 12.1 Å². The maximum Gasteiger partial charge on any atom is 0.270 e. The second-order valence-electron chi connectivity index (χ2n) is 6.89. The average molecular weight is 322 g/mol. The second kappa shape index (κ2) is 5.78. The highest BCUT2D eigenvalue weighted by molar-refractivity contribution is 5.86. The number of anilines is 1. The van der Waals surface area contributed by atoms with E-state index in [9.17, 15) is 10.1 Å². The number of nitrogens with one attached hydrogen (secondary N) is 1. The van der Waals surface area contributed by atoms with Crippen molar-refractivity contribution in [1.82, 2.24) is 0 Å². The van der Waals surface area contributed by atoms with Gasteiger partial charge in [-0.25, -0.2) is 0 Å². The third kappa shape index (κ3) is 2.92. The Morgan fingerprint density at radius 1 is 1.17 bits per heavy atom. The number of benzene rings is 2. The minimum Gasteiger partial charge on any atom is -0.376 e. The van der Waals surface area contributed by atoms with Crippen molar-refractivity contribution in [3.63, 3.8) is 0 Å². The van der Waals surface area contributed by atoms with Crippen LogP contribution in [0.5, 0.6) is 0 Å². The van der Waals surface area contributed by atoms with E-state index in [2.05, 4.69) is 51.2 Å². The van der Waals surface area contributed by atoms with Gasteiger partial charge in [-0.3, -0.25) is 10.1 Å². The van der Waals surface area contributed by atoms with Crippen molar-refractivity contribution in [3.8, 4) is 11.1 Å². The number of nitro groups is 1. The van der Waals surface area contributed by atoms with Crippen LogP contribution in [-0.4, -0.2) is 10.5 Å². The highest BCUT2D eigenvalue weighted by Gasteiger charge is 2.25. The Kier molecular flexibility index (Phi) is 3.91. The molecular formula is C20H22N2O2. The van der Waals surface area contributed by atoms with Crippen molar-refractivity contribution < 1.29 is 4.92 Å². The van der Waals surface area contributed by atoms with Gasteiger partial charge in [0.15, 0.2) is 0 Å². The van der Waals surface area contributed by atoms with Crippen LogP contribution in [-0.2, 0) is 6.42 Å². The molecule has 0 radical (unpaired) electrons. The summed E-state index contributed by atoms with van der Waals surface area (Å²) < 4.78 is 0. The molecule has 1 aliphatic rings. The Morgan fingerprint density at radius 2 is 1.92 bits per heavy atom. The molecular weight excluding hydrogens is 300 g/mol. The highest BCUT2D eigenvalue weighted by Crippen LogP contribution is 2.39. The monoisotopic (exact) mass is 322 g/mol. The quantitative estimate of drug-likeness (QED) is 0.605. The zero-order valence-corrected chi connectivity index (χ0v) is 14.5. The minimum absolute atomic E-state index is 0.0753. The van der Waals surface area contributed by atoms with Crippen molar-refractivity contribution in [2.45, 2.75) is 39.7 Å². The van der Waals surface area contributed by atoms with Gasteiger partial charge in [0.2, 0.25) is 0 Å². The lowest BCUT2D eigenvalue weighted by atomic mass is 9.86. The van der Waals surface area contributed by atoms with Gasteiger partial charge in [-0.15, -0.1) is 0 Å². The maximum absolute atomic E-state index is 11.1. The van der Waals surface area contributed by atoms with Gasteiger partial charge in [0.25, 0.3) is 5.69 Å². The Balaban J connectivity index is 2.17. The third-order valence-corrected chi connectivity index (χ3v) is 4.44. The molecule has 0 aromatic heterocycles. The van der Waals surface area contributed by atoms with Gasteiger partial charge in [-0.1, -0.05) is 25.1 Å². The maximum atomic E-state index is 11.1. The predicted octanol–water partition coefficient (Wildman–Crippen LogP) is 5.43. The van der Waals surface area contributed by atoms with Crippen LogP contribution in [0.4, 0.5) is 11.4 Å². The molecule has 0 unspecified atom stereocenters. The summed E-state index contributed by atoms with van der Waals surface area (Å²) in [6.45, 7) is 8.58. The van der Waals surface area contributed by atoms with Gasteiger partial charge in [0, 0.05) is 23.4 Å². The molecule has 2 aromatic carbocycles. The number of rotatable bonds is 3. The first-order valence-electron chi connectivity index (χ1n) is 8.20. The van der Waals surface area contributed by atoms with E-state index in [-0.39, 0.29) is 16.1 Å². The first-order chi connectivity index (χ1) is 11.3. The normalized spacial score (nSPS) is 15.2. The second-order valence-corrected chi connectivity index (χ2v) is 6.89. The molecule has 3 rings (SSSR count). The fraction of sp³-hybridized carbons (Fsp3) is 0.300. The molecule has 0 saturated heterocycles. The number of nitro benzene ring substituents is 1. The Hall–Kier alpha value is -2.62. The smallest absolute Gasteiger partial charge is 0.270 e. The fourth-order valence-electron chi connectivity index (χ4n) is 3.38. The molecule has 0 fully saturated rings. The molecule has 0 atom stereocenters. The van der Waals surface area contributed by atoms with Crippen LogP contribution in [0.1, 0.15) is 38.8 Å². The molecule has 4 nitrogen and oxygen atoms in total. The van der Waals surface area contributed by atoms with Crippen molar-refractivity contribution >= 4 is 16.9 Å². The lowest BCUT2D eigenvalue weighted by molar-refractivity contribution is -0.384. The number of aryl methyl sites for hydroxylation is 1. The van der Waals surface area contributed by atoms with E-state index >= 15 is 0 Å². The van der Waals surface area contributed by atoms with E-state index in [1.807, 2.05) is 6.07 Å². The standard InChI is InChI=1S/C20H22N2O2/c1-5-14-9-16(15-7-6-8-17(10-15)22(23)24)11-18-13(2)12-20(3,4)21-19(14)18/h6-12,21H,5H2,1-4H3. The lowest BCUT2D eigenvalue weighted by Crippen LogP contribution is -2.32. The fourth-order valence-corrected chi connectivity index (χ4v) is 3.38. The van der Waals surface area contributed by atoms with Crippen LogP contribution in [0.2, 0.25) is 0 Å². The molecule has 0 saturated carbocycles. The van der Waals surface area contributed by atoms with E-state index in [4.69, 9.17) is 0 Å². The van der Waals surface area contributed by atoms with Gasteiger partial charge >= 0.3 is 0 Å². The molecule has 0 amide bonds. The molecule has 1 heterocycles. The van der Waals surface area contributed by atoms with E-state index < -0.39 is 0 Å². The lowest BCUT2D eigenvalue weighted by Gasteiger charge is -2.33. The molecule has 0 aliphatic carbocycles. The van der Waals surface area contributed by atoms with E-state index in [0.29, 0.717) is 0 Å². The van der Waals surface area contributed by atoms with Gasteiger partial charge < -0.3 is 5.32 Å². The molecule has 1 N–H and O–H groups in total. The van der Waals surface area contributed by atoms with E-state index in [0.717, 1.165) is 17.5 Å². The Bertz CT molecular complexity index is 851. The summed E-state index contributed by atoms with van der Waals surface area (Å²) in [5.74, 6) is 0. The van der Waals surface area contributed by atoms with Crippen molar-refractivity contribution in [1.29, 1.82) is 0 Å². The summed E-state index contributed by atoms with van der Waals surface area (Å²) in [7, 11) is 0. The summed E-state index contributed by atoms with van der Waals surface area (Å²) in [6, 6.07) is 11.1. The zero-order valence-electron chi connectivity index (χ0n) is 14.5. The van der Waals surface area contributed by atoms with Gasteiger partial charge in [0.05, 0.1) is 10.5 Å². The van der Waals surface area contributed by atoms with Crippen LogP contribution in [0.25, 0.3) is 16.7 Å². The minimum atomic E-state index is -0.349. The molecule has 0 spiro atoms. The first kappa shape index (κ1) is 16.2. The van der Waals surface area contributed by atoms with Crippen LogP contribution in [0, 0.1) is 10.1 Å². The summed E-state index contributed by atoms with van der Waals surface area (Å²) in [5.41, 5.74) is 6.75. The summed E-state index contributed by atoms with van der Waals surface area (Å²) in [5, 5.41) is 14.7. The number of hydrogen-bond donors (Lipinski definition) is 1. The molecule has 1 aliphatic heterocycles. The van der Waals surface area contributed by atoms with Gasteiger partial charge in [0.1, 0.15) is 0 Å². The van der Waals surface area contributed by atoms with Crippen LogP contribution in [0.3, 0.4) is 0 Å². The zero-order chi connectivity index (χ0) is 17.5. The SMILES string of the molecule is CCc1cc(-c2cccc([N+](=O)[O-])c2)cc2c1NC(C)(C)C=C2C. The third-order valence-electron chi connectivity index (χ3n) is 4.44. The van der Waals surface area contributed by atoms with Crippen molar-refractivity contribution in [3.05, 3.63) is 63.7 Å². The molecule has 0 bridgehead atoms. The number of fused-ring (bicyclic) bond motifs is 1. The van der Waals surface area contributed by atoms with Gasteiger partial charge in [-0.05, 0) is 61.6 Å². The number of nitrogens with zero attached hydrogens (tertiary/aromatic N) is 1. The van der Waals surface area contributed by atoms with Gasteiger partial charge in [-0.2, -0.15) is 0 Å². The first-order valence-corrected chi connectivity index (χ1v) is 8.20. The molecule has 2 aromatic rings. The predicted molar refractivity (Wildman–Crippen MR) is 99.3 cm³/mol. The number of allylic oxidation sites excluding steroid dienone is 1. The molecule has 124 valence electrons. The number of hydrogen-bond acceptors (Lipinski definition) is 3. The highest BCUT2D eigenvalue weighted by atomic mass is 16.6. The largest absolute Gasteiger partial charge is 0.376 e. The van der Waals surface area contributed by atoms with Crippen LogP contribution < -0.4 is 5.32 Å². The van der Waals surface area contributed by atoms with Crippen LogP contribution in [0.15, 0.2) is 42.5 Å². The van der Waals surface area contributed by atoms with Crippen molar-refractivity contribution in [2.75, 3.05) is 5.32 Å². The summed E-state index contributed by atoms with van der Waals surface area (Å²) in [4.78, 5) is 10.7.